The molecular weight excluding hydrogens is 244 g/mol. The van der Waals surface area contributed by atoms with E-state index in [1.165, 1.54) is 71.1 Å². The lowest BCUT2D eigenvalue weighted by Gasteiger charge is -2.40. The fraction of sp³-hybridized carbons (Fsp3) is 1.00. The molecule has 2 rings (SSSR count). The highest BCUT2D eigenvalue weighted by molar-refractivity contribution is 4.83. The van der Waals surface area contributed by atoms with Crippen LogP contribution in [0.1, 0.15) is 65.7 Å². The predicted molar refractivity (Wildman–Crippen MR) is 88.0 cm³/mol. The molecule has 2 aliphatic rings. The molecule has 0 aromatic heterocycles. The smallest absolute Gasteiger partial charge is 0.00978 e. The Kier molecular flexibility index (Phi) is 6.83. The summed E-state index contributed by atoms with van der Waals surface area (Å²) in [5.74, 6) is 2.82. The van der Waals surface area contributed by atoms with Crippen molar-refractivity contribution in [3.05, 3.63) is 0 Å². The molecule has 2 nitrogen and oxygen atoms in total. The Morgan fingerprint density at radius 3 is 2.45 bits per heavy atom. The third kappa shape index (κ3) is 5.04. The monoisotopic (exact) mass is 280 g/mol. The summed E-state index contributed by atoms with van der Waals surface area (Å²) in [5.41, 5.74) is 0. The summed E-state index contributed by atoms with van der Waals surface area (Å²) in [6, 6.07) is 0.882. The zero-order valence-corrected chi connectivity index (χ0v) is 14.0. The SMILES string of the molecule is CCN(CC1CCNCC1)C1CCCC(CC(C)C)C1. The normalized spacial score (nSPS) is 29.2. The van der Waals surface area contributed by atoms with Crippen LogP contribution in [-0.4, -0.2) is 37.1 Å². The van der Waals surface area contributed by atoms with Crippen molar-refractivity contribution in [2.45, 2.75) is 71.8 Å². The Morgan fingerprint density at radius 1 is 1.05 bits per heavy atom. The van der Waals surface area contributed by atoms with Gasteiger partial charge >= 0.3 is 0 Å². The molecule has 0 aromatic rings. The highest BCUT2D eigenvalue weighted by atomic mass is 15.2. The first-order valence-corrected chi connectivity index (χ1v) is 9.13. The molecule has 2 fully saturated rings. The van der Waals surface area contributed by atoms with Crippen molar-refractivity contribution in [3.8, 4) is 0 Å². The number of nitrogens with one attached hydrogen (secondary N) is 1. The zero-order chi connectivity index (χ0) is 14.4. The lowest BCUT2D eigenvalue weighted by atomic mass is 9.80. The number of rotatable bonds is 6. The van der Waals surface area contributed by atoms with E-state index in [2.05, 4.69) is 31.0 Å². The van der Waals surface area contributed by atoms with Crippen molar-refractivity contribution in [2.24, 2.45) is 17.8 Å². The number of hydrogen-bond donors (Lipinski definition) is 1. The molecule has 1 N–H and O–H groups in total. The number of piperidine rings is 1. The van der Waals surface area contributed by atoms with Gasteiger partial charge in [0.2, 0.25) is 0 Å². The Bertz CT molecular complexity index is 258. The van der Waals surface area contributed by atoms with E-state index in [0.29, 0.717) is 0 Å². The van der Waals surface area contributed by atoms with Crippen molar-refractivity contribution in [1.29, 1.82) is 0 Å². The highest BCUT2D eigenvalue weighted by Gasteiger charge is 2.28. The van der Waals surface area contributed by atoms with Gasteiger partial charge in [-0.25, -0.2) is 0 Å². The van der Waals surface area contributed by atoms with E-state index in [1.54, 1.807) is 0 Å². The van der Waals surface area contributed by atoms with Gasteiger partial charge in [-0.15, -0.1) is 0 Å². The van der Waals surface area contributed by atoms with Crippen molar-refractivity contribution in [3.63, 3.8) is 0 Å². The van der Waals surface area contributed by atoms with Crippen molar-refractivity contribution in [2.75, 3.05) is 26.2 Å². The van der Waals surface area contributed by atoms with Gasteiger partial charge in [0.1, 0.15) is 0 Å². The van der Waals surface area contributed by atoms with E-state index in [0.717, 1.165) is 23.8 Å². The zero-order valence-electron chi connectivity index (χ0n) is 14.0. The largest absolute Gasteiger partial charge is 0.317 e. The molecule has 20 heavy (non-hydrogen) atoms. The number of nitrogens with zero attached hydrogens (tertiary/aromatic N) is 1. The molecule has 0 bridgehead atoms. The quantitative estimate of drug-likeness (QED) is 0.793. The molecule has 2 unspecified atom stereocenters. The molecule has 0 radical (unpaired) electrons. The first-order valence-electron chi connectivity index (χ1n) is 9.13. The second-order valence-corrected chi connectivity index (χ2v) is 7.60. The average Bonchev–Trinajstić information content (AvgIpc) is 2.45. The van der Waals surface area contributed by atoms with Crippen LogP contribution in [0.15, 0.2) is 0 Å². The molecule has 0 spiro atoms. The molecule has 1 saturated heterocycles. The van der Waals surface area contributed by atoms with Gasteiger partial charge in [0.15, 0.2) is 0 Å². The molecule has 2 heteroatoms. The fourth-order valence-electron chi connectivity index (χ4n) is 4.41. The summed E-state index contributed by atoms with van der Waals surface area (Å²) in [6.07, 6.45) is 10.1. The summed E-state index contributed by atoms with van der Waals surface area (Å²) in [7, 11) is 0. The van der Waals surface area contributed by atoms with Gasteiger partial charge in [0, 0.05) is 12.6 Å². The molecule has 1 heterocycles. The second-order valence-electron chi connectivity index (χ2n) is 7.60. The van der Waals surface area contributed by atoms with Crippen molar-refractivity contribution in [1.82, 2.24) is 10.2 Å². The average molecular weight is 280 g/mol. The summed E-state index contributed by atoms with van der Waals surface area (Å²) in [5, 5.41) is 3.50. The molecule has 2 atom stereocenters. The molecular formula is C18H36N2. The standard InChI is InChI=1S/C18H36N2/c1-4-20(14-16-8-10-19-11-9-16)18-7-5-6-17(13-18)12-15(2)3/h15-19H,4-14H2,1-3H3. The minimum absolute atomic E-state index is 0.873. The summed E-state index contributed by atoms with van der Waals surface area (Å²) in [6.45, 7) is 12.2. The van der Waals surface area contributed by atoms with Gasteiger partial charge in [-0.2, -0.15) is 0 Å². The van der Waals surface area contributed by atoms with Crippen LogP contribution >= 0.6 is 0 Å². The molecule has 0 amide bonds. The third-order valence-corrected chi connectivity index (χ3v) is 5.43. The van der Waals surface area contributed by atoms with Crippen LogP contribution in [-0.2, 0) is 0 Å². The van der Waals surface area contributed by atoms with E-state index >= 15 is 0 Å². The van der Waals surface area contributed by atoms with Crippen LogP contribution in [0.5, 0.6) is 0 Å². The summed E-state index contributed by atoms with van der Waals surface area (Å²) in [4.78, 5) is 2.82. The van der Waals surface area contributed by atoms with Crippen LogP contribution < -0.4 is 5.32 Å². The molecule has 118 valence electrons. The summed E-state index contributed by atoms with van der Waals surface area (Å²) < 4.78 is 0. The van der Waals surface area contributed by atoms with Gasteiger partial charge in [0.25, 0.3) is 0 Å². The molecule has 0 aromatic carbocycles. The first-order chi connectivity index (χ1) is 9.69. The summed E-state index contributed by atoms with van der Waals surface area (Å²) >= 11 is 0. The van der Waals surface area contributed by atoms with Crippen LogP contribution in [0.4, 0.5) is 0 Å². The van der Waals surface area contributed by atoms with Gasteiger partial charge in [-0.1, -0.05) is 33.6 Å². The Morgan fingerprint density at radius 2 is 1.80 bits per heavy atom. The Balaban J connectivity index is 1.82. The van der Waals surface area contributed by atoms with Crippen LogP contribution in [0.3, 0.4) is 0 Å². The van der Waals surface area contributed by atoms with E-state index in [4.69, 9.17) is 0 Å². The highest BCUT2D eigenvalue weighted by Crippen LogP contribution is 2.32. The second kappa shape index (κ2) is 8.38. The van der Waals surface area contributed by atoms with Crippen LogP contribution in [0, 0.1) is 17.8 Å². The Hall–Kier alpha value is -0.0800. The van der Waals surface area contributed by atoms with E-state index < -0.39 is 0 Å². The van der Waals surface area contributed by atoms with Crippen molar-refractivity contribution >= 4 is 0 Å². The topological polar surface area (TPSA) is 15.3 Å². The molecule has 1 aliphatic heterocycles. The molecule has 1 aliphatic carbocycles. The van der Waals surface area contributed by atoms with Crippen LogP contribution in [0.2, 0.25) is 0 Å². The maximum Gasteiger partial charge on any atom is 0.00978 e. The Labute approximate surface area is 126 Å². The molecule has 1 saturated carbocycles. The maximum atomic E-state index is 3.50. The minimum atomic E-state index is 0.873. The maximum absolute atomic E-state index is 3.50. The van der Waals surface area contributed by atoms with E-state index in [-0.39, 0.29) is 0 Å². The van der Waals surface area contributed by atoms with Crippen molar-refractivity contribution < 1.29 is 0 Å². The third-order valence-electron chi connectivity index (χ3n) is 5.43. The lowest BCUT2D eigenvalue weighted by molar-refractivity contribution is 0.103. The van der Waals surface area contributed by atoms with E-state index in [1.807, 2.05) is 0 Å². The van der Waals surface area contributed by atoms with E-state index in [9.17, 15) is 0 Å². The predicted octanol–water partition coefficient (Wildman–Crippen LogP) is 3.91. The first kappa shape index (κ1) is 16.3. The number of hydrogen-bond acceptors (Lipinski definition) is 2. The fourth-order valence-corrected chi connectivity index (χ4v) is 4.41. The van der Waals surface area contributed by atoms with Gasteiger partial charge in [0.05, 0.1) is 0 Å². The van der Waals surface area contributed by atoms with Gasteiger partial charge in [-0.3, -0.25) is 0 Å². The lowest BCUT2D eigenvalue weighted by Crippen LogP contribution is -2.43. The van der Waals surface area contributed by atoms with Gasteiger partial charge < -0.3 is 10.2 Å². The minimum Gasteiger partial charge on any atom is -0.317 e. The van der Waals surface area contributed by atoms with Crippen LogP contribution in [0.25, 0.3) is 0 Å². The van der Waals surface area contributed by atoms with Gasteiger partial charge in [-0.05, 0) is 69.5 Å².